The molecule has 0 spiro atoms. The van der Waals surface area contributed by atoms with Crippen LogP contribution in [0.5, 0.6) is 0 Å². The number of hydrogen-bond acceptors (Lipinski definition) is 0. The van der Waals surface area contributed by atoms with Crippen LogP contribution in [-0.4, -0.2) is 0 Å². The van der Waals surface area contributed by atoms with Crippen LogP contribution in [0.3, 0.4) is 0 Å². The molecule has 0 bridgehead atoms. The highest BCUT2D eigenvalue weighted by Crippen LogP contribution is 2.19. The van der Waals surface area contributed by atoms with Gasteiger partial charge in [0.25, 0.3) is 0 Å². The van der Waals surface area contributed by atoms with E-state index in [-0.39, 0.29) is 0 Å². The fraction of sp³-hybridized carbons (Fsp3) is 1.00. The van der Waals surface area contributed by atoms with Gasteiger partial charge < -0.3 is 0 Å². The van der Waals surface area contributed by atoms with Gasteiger partial charge >= 0.3 is 0 Å². The van der Waals surface area contributed by atoms with Crippen LogP contribution < -0.4 is 0 Å². The number of rotatable bonds is 18. The minimum atomic E-state index is 0.967. The summed E-state index contributed by atoms with van der Waals surface area (Å²) in [4.78, 5) is 0. The highest BCUT2D eigenvalue weighted by Gasteiger charge is 2.02. The third kappa shape index (κ3) is 18.2. The van der Waals surface area contributed by atoms with Gasteiger partial charge in [0.2, 0.25) is 0 Å². The van der Waals surface area contributed by atoms with Crippen molar-refractivity contribution in [1.29, 1.82) is 0 Å². The summed E-state index contributed by atoms with van der Waals surface area (Å²) in [5.41, 5.74) is 0. The summed E-state index contributed by atoms with van der Waals surface area (Å²) in [6.45, 7) is 9.50. The maximum atomic E-state index is 2.44. The molecule has 0 radical (unpaired) electrons. The van der Waals surface area contributed by atoms with Crippen LogP contribution in [0.15, 0.2) is 0 Å². The second-order valence-corrected chi connectivity index (χ2v) is 8.25. The van der Waals surface area contributed by atoms with Crippen LogP contribution >= 0.6 is 0 Å². The van der Waals surface area contributed by atoms with Gasteiger partial charge in [-0.25, -0.2) is 0 Å². The van der Waals surface area contributed by atoms with Gasteiger partial charge in [-0.05, 0) is 11.8 Å². The molecule has 0 amide bonds. The van der Waals surface area contributed by atoms with Crippen molar-refractivity contribution >= 4 is 0 Å². The van der Waals surface area contributed by atoms with Crippen molar-refractivity contribution in [2.75, 3.05) is 0 Å². The summed E-state index contributed by atoms with van der Waals surface area (Å²) in [6, 6.07) is 0. The van der Waals surface area contributed by atoms with E-state index < -0.39 is 0 Å². The standard InChI is InChI=1S/C23H48/c1-5-7-18-22(3)20-16-14-12-10-9-11-13-15-17-21-23(4)19-8-6-2/h22-23H,5-21H2,1-4H3. The molecule has 0 fully saturated rings. The van der Waals surface area contributed by atoms with Crippen LogP contribution in [0.25, 0.3) is 0 Å². The van der Waals surface area contributed by atoms with E-state index in [1.165, 1.54) is 109 Å². The van der Waals surface area contributed by atoms with Crippen LogP contribution in [0.4, 0.5) is 0 Å². The third-order valence-electron chi connectivity index (χ3n) is 5.49. The SMILES string of the molecule is CCCCC(C)CCCCCCCCCCCC(C)CCCC. The number of hydrogen-bond donors (Lipinski definition) is 0. The zero-order valence-corrected chi connectivity index (χ0v) is 17.2. The summed E-state index contributed by atoms with van der Waals surface area (Å²) in [5, 5.41) is 0. The molecular formula is C23H48. The molecule has 0 aliphatic rings. The van der Waals surface area contributed by atoms with Crippen LogP contribution in [-0.2, 0) is 0 Å². The zero-order chi connectivity index (χ0) is 17.2. The third-order valence-corrected chi connectivity index (χ3v) is 5.49. The summed E-state index contributed by atoms with van der Waals surface area (Å²) < 4.78 is 0. The Labute approximate surface area is 149 Å². The molecule has 0 saturated heterocycles. The van der Waals surface area contributed by atoms with E-state index in [1.54, 1.807) is 0 Å². The van der Waals surface area contributed by atoms with Gasteiger partial charge in [0.05, 0.1) is 0 Å². The van der Waals surface area contributed by atoms with E-state index in [0.29, 0.717) is 0 Å². The smallest absolute Gasteiger partial charge is 0.0443 e. The lowest BCUT2D eigenvalue weighted by molar-refractivity contribution is 0.434. The van der Waals surface area contributed by atoms with E-state index in [1.807, 2.05) is 0 Å². The van der Waals surface area contributed by atoms with Gasteiger partial charge in [-0.2, -0.15) is 0 Å². The Morgan fingerprint density at radius 1 is 0.391 bits per heavy atom. The monoisotopic (exact) mass is 324 g/mol. The van der Waals surface area contributed by atoms with E-state index in [0.717, 1.165) is 11.8 Å². The van der Waals surface area contributed by atoms with Crippen molar-refractivity contribution in [1.82, 2.24) is 0 Å². The van der Waals surface area contributed by atoms with E-state index >= 15 is 0 Å². The Kier molecular flexibility index (Phi) is 18.3. The van der Waals surface area contributed by atoms with Gasteiger partial charge in [-0.15, -0.1) is 0 Å². The van der Waals surface area contributed by atoms with Crippen molar-refractivity contribution < 1.29 is 0 Å². The maximum Gasteiger partial charge on any atom is -0.0443 e. The average molecular weight is 325 g/mol. The molecule has 0 aliphatic heterocycles. The lowest BCUT2D eigenvalue weighted by atomic mass is 9.96. The fourth-order valence-corrected chi connectivity index (χ4v) is 3.62. The first-order valence-electron chi connectivity index (χ1n) is 11.2. The molecule has 0 aromatic carbocycles. The second-order valence-electron chi connectivity index (χ2n) is 8.25. The van der Waals surface area contributed by atoms with Crippen molar-refractivity contribution in [3.05, 3.63) is 0 Å². The Hall–Kier alpha value is 0. The molecule has 0 aliphatic carbocycles. The summed E-state index contributed by atoms with van der Waals surface area (Å²) in [6.07, 6.45) is 24.7. The molecule has 0 N–H and O–H groups in total. The minimum absolute atomic E-state index is 0.967. The van der Waals surface area contributed by atoms with Crippen LogP contribution in [0.2, 0.25) is 0 Å². The predicted molar refractivity (Wildman–Crippen MR) is 108 cm³/mol. The molecule has 0 aromatic rings. The van der Waals surface area contributed by atoms with Gasteiger partial charge in [0, 0.05) is 0 Å². The van der Waals surface area contributed by atoms with Gasteiger partial charge in [-0.3, -0.25) is 0 Å². The molecule has 2 unspecified atom stereocenters. The van der Waals surface area contributed by atoms with Gasteiger partial charge in [0.15, 0.2) is 0 Å². The first-order chi connectivity index (χ1) is 11.2. The molecule has 0 saturated carbocycles. The minimum Gasteiger partial charge on any atom is -0.0654 e. The molecular weight excluding hydrogens is 276 g/mol. The summed E-state index contributed by atoms with van der Waals surface area (Å²) >= 11 is 0. The first-order valence-corrected chi connectivity index (χ1v) is 11.2. The number of unbranched alkanes of at least 4 members (excludes halogenated alkanes) is 10. The largest absolute Gasteiger partial charge is 0.0654 e. The molecule has 140 valence electrons. The molecule has 0 heterocycles. The Bertz CT molecular complexity index is 186. The molecule has 0 rings (SSSR count). The first kappa shape index (κ1) is 23.0. The summed E-state index contributed by atoms with van der Waals surface area (Å²) in [5.74, 6) is 1.93. The maximum absolute atomic E-state index is 2.44. The van der Waals surface area contributed by atoms with Crippen molar-refractivity contribution in [2.45, 2.75) is 137 Å². The van der Waals surface area contributed by atoms with E-state index in [2.05, 4.69) is 27.7 Å². The summed E-state index contributed by atoms with van der Waals surface area (Å²) in [7, 11) is 0. The van der Waals surface area contributed by atoms with Crippen LogP contribution in [0.1, 0.15) is 137 Å². The van der Waals surface area contributed by atoms with Crippen molar-refractivity contribution in [3.8, 4) is 0 Å². The van der Waals surface area contributed by atoms with Gasteiger partial charge in [-0.1, -0.05) is 137 Å². The second kappa shape index (κ2) is 18.3. The lowest BCUT2D eigenvalue weighted by Crippen LogP contribution is -1.94. The topological polar surface area (TPSA) is 0 Å². The van der Waals surface area contributed by atoms with E-state index in [4.69, 9.17) is 0 Å². The van der Waals surface area contributed by atoms with Crippen molar-refractivity contribution in [2.24, 2.45) is 11.8 Å². The van der Waals surface area contributed by atoms with Gasteiger partial charge in [0.1, 0.15) is 0 Å². The lowest BCUT2D eigenvalue weighted by Gasteiger charge is -2.10. The van der Waals surface area contributed by atoms with Crippen molar-refractivity contribution in [3.63, 3.8) is 0 Å². The highest BCUT2D eigenvalue weighted by atomic mass is 14.1. The van der Waals surface area contributed by atoms with E-state index in [9.17, 15) is 0 Å². The molecule has 0 nitrogen and oxygen atoms in total. The predicted octanol–water partition coefficient (Wildman–Crippen LogP) is 8.93. The molecule has 23 heavy (non-hydrogen) atoms. The Balaban J connectivity index is 3.13. The molecule has 0 aromatic heterocycles. The van der Waals surface area contributed by atoms with Crippen LogP contribution in [0, 0.1) is 11.8 Å². The average Bonchev–Trinajstić information content (AvgIpc) is 2.55. The Morgan fingerprint density at radius 3 is 0.957 bits per heavy atom. The Morgan fingerprint density at radius 2 is 0.652 bits per heavy atom. The molecule has 2 atom stereocenters. The normalized spacial score (nSPS) is 14.1. The molecule has 0 heteroatoms. The fourth-order valence-electron chi connectivity index (χ4n) is 3.62. The zero-order valence-electron chi connectivity index (χ0n) is 17.2. The highest BCUT2D eigenvalue weighted by molar-refractivity contribution is 4.56. The quantitative estimate of drug-likeness (QED) is 0.221.